The zero-order valence-corrected chi connectivity index (χ0v) is 15.4. The van der Waals surface area contributed by atoms with E-state index in [0.29, 0.717) is 41.5 Å². The number of aromatic nitrogens is 2. The normalized spacial score (nSPS) is 19.9. The van der Waals surface area contributed by atoms with Crippen LogP contribution in [0.4, 0.5) is 10.2 Å². The highest BCUT2D eigenvalue weighted by molar-refractivity contribution is 5.78. The van der Waals surface area contributed by atoms with Crippen molar-refractivity contribution in [1.82, 2.24) is 9.55 Å². The SMILES string of the molecule is C/C(CN)=C1\CCCN(c2nc3c(cc2F)c(=O)c(C)cn3C2CC2)C1. The summed E-state index contributed by atoms with van der Waals surface area (Å²) in [5.74, 6) is -0.0774. The van der Waals surface area contributed by atoms with Crippen LogP contribution in [-0.4, -0.2) is 29.2 Å². The number of pyridine rings is 2. The number of hydrogen-bond acceptors (Lipinski definition) is 4. The first-order valence-electron chi connectivity index (χ1n) is 9.34. The van der Waals surface area contributed by atoms with Gasteiger partial charge in [0.05, 0.1) is 5.39 Å². The maximum atomic E-state index is 14.9. The molecule has 2 aromatic heterocycles. The van der Waals surface area contributed by atoms with Crippen molar-refractivity contribution >= 4 is 16.9 Å². The van der Waals surface area contributed by atoms with Crippen molar-refractivity contribution in [3.05, 3.63) is 45.0 Å². The van der Waals surface area contributed by atoms with Gasteiger partial charge in [-0.1, -0.05) is 11.1 Å². The van der Waals surface area contributed by atoms with E-state index in [9.17, 15) is 9.18 Å². The molecule has 0 atom stereocenters. The van der Waals surface area contributed by atoms with Gasteiger partial charge in [-0.3, -0.25) is 4.79 Å². The van der Waals surface area contributed by atoms with Crippen LogP contribution in [0.2, 0.25) is 0 Å². The maximum Gasteiger partial charge on any atom is 0.194 e. The highest BCUT2D eigenvalue weighted by Gasteiger charge is 2.27. The van der Waals surface area contributed by atoms with E-state index in [1.165, 1.54) is 17.2 Å². The zero-order chi connectivity index (χ0) is 18.4. The first-order chi connectivity index (χ1) is 12.5. The number of aryl methyl sites for hydroxylation is 1. The van der Waals surface area contributed by atoms with E-state index in [4.69, 9.17) is 5.73 Å². The van der Waals surface area contributed by atoms with Gasteiger partial charge in [-0.2, -0.15) is 0 Å². The highest BCUT2D eigenvalue weighted by atomic mass is 19.1. The zero-order valence-electron chi connectivity index (χ0n) is 15.4. The first kappa shape index (κ1) is 17.2. The standard InChI is InChI=1S/C20H25FN4O/c1-12(9-22)14-4-3-7-24(11-14)20-17(21)8-16-18(26)13(2)10-25(15-5-6-15)19(16)23-20/h8,10,15H,3-7,9,11,22H2,1-2H3/b14-12-. The molecule has 3 heterocycles. The van der Waals surface area contributed by atoms with Crippen LogP contribution in [0.5, 0.6) is 0 Å². The molecule has 1 saturated heterocycles. The van der Waals surface area contributed by atoms with Gasteiger partial charge in [-0.15, -0.1) is 0 Å². The predicted molar refractivity (Wildman–Crippen MR) is 102 cm³/mol. The fourth-order valence-electron chi connectivity index (χ4n) is 3.77. The molecule has 4 rings (SSSR count). The van der Waals surface area contributed by atoms with Crippen LogP contribution in [0.3, 0.4) is 0 Å². The number of nitrogens with two attached hydrogens (primary N) is 1. The Balaban J connectivity index is 1.83. The summed E-state index contributed by atoms with van der Waals surface area (Å²) >= 11 is 0. The van der Waals surface area contributed by atoms with Crippen molar-refractivity contribution in [2.24, 2.45) is 5.73 Å². The van der Waals surface area contributed by atoms with Crippen molar-refractivity contribution in [2.75, 3.05) is 24.5 Å². The molecular weight excluding hydrogens is 331 g/mol. The third kappa shape index (κ3) is 2.92. The quantitative estimate of drug-likeness (QED) is 0.859. The highest BCUT2D eigenvalue weighted by Crippen LogP contribution is 2.37. The van der Waals surface area contributed by atoms with Gasteiger partial charge in [0.2, 0.25) is 0 Å². The third-order valence-corrected chi connectivity index (χ3v) is 5.56. The lowest BCUT2D eigenvalue weighted by atomic mass is 9.99. The molecule has 26 heavy (non-hydrogen) atoms. The topological polar surface area (TPSA) is 64.2 Å². The second-order valence-electron chi connectivity index (χ2n) is 7.56. The Kier molecular flexibility index (Phi) is 4.31. The Bertz CT molecular complexity index is 958. The molecule has 5 nitrogen and oxygen atoms in total. The molecule has 0 amide bonds. The minimum atomic E-state index is -0.422. The average Bonchev–Trinajstić information content (AvgIpc) is 3.49. The molecule has 138 valence electrons. The van der Waals surface area contributed by atoms with Crippen molar-refractivity contribution in [2.45, 2.75) is 45.6 Å². The summed E-state index contributed by atoms with van der Waals surface area (Å²) in [6.45, 7) is 5.76. The van der Waals surface area contributed by atoms with Crippen LogP contribution in [0.25, 0.3) is 11.0 Å². The Morgan fingerprint density at radius 2 is 2.19 bits per heavy atom. The molecule has 0 unspecified atom stereocenters. The fourth-order valence-corrected chi connectivity index (χ4v) is 3.77. The third-order valence-electron chi connectivity index (χ3n) is 5.56. The van der Waals surface area contributed by atoms with Crippen molar-refractivity contribution in [3.63, 3.8) is 0 Å². The molecule has 1 aliphatic heterocycles. The van der Waals surface area contributed by atoms with E-state index in [1.54, 1.807) is 6.92 Å². The summed E-state index contributed by atoms with van der Waals surface area (Å²) in [5, 5.41) is 0.379. The van der Waals surface area contributed by atoms with Gasteiger partial charge < -0.3 is 15.2 Å². The molecule has 6 heteroatoms. The van der Waals surface area contributed by atoms with Crippen LogP contribution >= 0.6 is 0 Å². The van der Waals surface area contributed by atoms with Gasteiger partial charge in [-0.05, 0) is 45.6 Å². The van der Waals surface area contributed by atoms with Gasteiger partial charge >= 0.3 is 0 Å². The maximum absolute atomic E-state index is 14.9. The molecule has 0 spiro atoms. The van der Waals surface area contributed by atoms with Crippen LogP contribution < -0.4 is 16.1 Å². The predicted octanol–water partition coefficient (Wildman–Crippen LogP) is 3.05. The summed E-state index contributed by atoms with van der Waals surface area (Å²) in [7, 11) is 0. The van der Waals surface area contributed by atoms with Crippen molar-refractivity contribution in [1.29, 1.82) is 0 Å². The Morgan fingerprint density at radius 3 is 2.88 bits per heavy atom. The molecule has 1 saturated carbocycles. The van der Waals surface area contributed by atoms with Gasteiger partial charge in [0.1, 0.15) is 5.65 Å². The van der Waals surface area contributed by atoms with E-state index >= 15 is 0 Å². The first-order valence-corrected chi connectivity index (χ1v) is 9.34. The molecule has 2 aliphatic rings. The largest absolute Gasteiger partial charge is 0.350 e. The summed E-state index contributed by atoms with van der Waals surface area (Å²) < 4.78 is 16.9. The second-order valence-corrected chi connectivity index (χ2v) is 7.56. The number of nitrogens with zero attached hydrogens (tertiary/aromatic N) is 3. The Hall–Kier alpha value is -2.21. The van der Waals surface area contributed by atoms with Gasteiger partial charge in [0, 0.05) is 37.4 Å². The number of piperidine rings is 1. The van der Waals surface area contributed by atoms with E-state index < -0.39 is 5.82 Å². The fraction of sp³-hybridized carbons (Fsp3) is 0.500. The minimum absolute atomic E-state index is 0.131. The Labute approximate surface area is 152 Å². The molecule has 1 aliphatic carbocycles. The van der Waals surface area contributed by atoms with Crippen molar-refractivity contribution in [3.8, 4) is 0 Å². The Morgan fingerprint density at radius 1 is 1.42 bits per heavy atom. The van der Waals surface area contributed by atoms with Gasteiger partial charge in [0.15, 0.2) is 17.1 Å². The lowest BCUT2D eigenvalue weighted by Crippen LogP contribution is -2.33. The molecule has 0 bridgehead atoms. The molecule has 2 fully saturated rings. The average molecular weight is 356 g/mol. The van der Waals surface area contributed by atoms with Gasteiger partial charge in [-0.25, -0.2) is 9.37 Å². The monoisotopic (exact) mass is 356 g/mol. The molecule has 0 radical (unpaired) electrons. The minimum Gasteiger partial charge on any atom is -0.350 e. The molecular formula is C20H25FN4O. The molecule has 2 aromatic rings. The molecule has 0 aromatic carbocycles. The number of halogens is 1. The number of anilines is 1. The van der Waals surface area contributed by atoms with E-state index in [2.05, 4.69) is 9.55 Å². The summed E-state index contributed by atoms with van der Waals surface area (Å²) in [5.41, 5.74) is 9.32. The number of rotatable bonds is 3. The number of hydrogen-bond donors (Lipinski definition) is 1. The van der Waals surface area contributed by atoms with Crippen LogP contribution in [-0.2, 0) is 0 Å². The van der Waals surface area contributed by atoms with E-state index in [-0.39, 0.29) is 5.43 Å². The smallest absolute Gasteiger partial charge is 0.194 e. The lowest BCUT2D eigenvalue weighted by molar-refractivity contribution is 0.594. The number of fused-ring (bicyclic) bond motifs is 1. The van der Waals surface area contributed by atoms with Crippen LogP contribution in [0, 0.1) is 12.7 Å². The van der Waals surface area contributed by atoms with Gasteiger partial charge in [0.25, 0.3) is 0 Å². The van der Waals surface area contributed by atoms with Crippen molar-refractivity contribution < 1.29 is 4.39 Å². The van der Waals surface area contributed by atoms with Crippen LogP contribution in [0.15, 0.2) is 28.2 Å². The summed E-state index contributed by atoms with van der Waals surface area (Å²) in [6, 6.07) is 1.75. The lowest BCUT2D eigenvalue weighted by Gasteiger charge is -2.31. The summed E-state index contributed by atoms with van der Waals surface area (Å²) in [4.78, 5) is 19.1. The second kappa shape index (κ2) is 6.50. The van der Waals surface area contributed by atoms with Crippen LogP contribution in [0.1, 0.15) is 44.2 Å². The van der Waals surface area contributed by atoms with E-state index in [0.717, 1.165) is 32.2 Å². The molecule has 2 N–H and O–H groups in total. The summed E-state index contributed by atoms with van der Waals surface area (Å²) in [6.07, 6.45) is 5.99. The van der Waals surface area contributed by atoms with E-state index in [1.807, 2.05) is 18.0 Å².